The number of piperazine rings is 1. The van der Waals surface area contributed by atoms with Crippen LogP contribution in [0.2, 0.25) is 0 Å². The van der Waals surface area contributed by atoms with E-state index < -0.39 is 15.8 Å². The van der Waals surface area contributed by atoms with Crippen molar-refractivity contribution in [3.8, 4) is 5.69 Å². The van der Waals surface area contributed by atoms with Crippen LogP contribution in [0.15, 0.2) is 70.8 Å². The van der Waals surface area contributed by atoms with Crippen molar-refractivity contribution in [1.29, 1.82) is 0 Å². The van der Waals surface area contributed by atoms with E-state index in [0.717, 1.165) is 11.8 Å². The Balaban J connectivity index is 1.54. The summed E-state index contributed by atoms with van der Waals surface area (Å²) in [7, 11) is -3.96. The van der Waals surface area contributed by atoms with Gasteiger partial charge in [-0.3, -0.25) is 9.36 Å². The second-order valence-corrected chi connectivity index (χ2v) is 9.61. The topological polar surface area (TPSA) is 75.5 Å². The van der Waals surface area contributed by atoms with Crippen LogP contribution in [0.25, 0.3) is 5.69 Å². The molecule has 2 heterocycles. The van der Waals surface area contributed by atoms with Crippen LogP contribution in [0.1, 0.15) is 10.5 Å². The van der Waals surface area contributed by atoms with Crippen LogP contribution in [0.4, 0.5) is 4.39 Å². The van der Waals surface area contributed by atoms with Crippen molar-refractivity contribution in [2.45, 2.75) is 10.1 Å². The van der Waals surface area contributed by atoms with Gasteiger partial charge in [0.05, 0.1) is 6.20 Å². The van der Waals surface area contributed by atoms with Crippen LogP contribution < -0.4 is 0 Å². The predicted molar refractivity (Wildman–Crippen MR) is 116 cm³/mol. The largest absolute Gasteiger partial charge is 0.335 e. The second-order valence-electron chi connectivity index (χ2n) is 6.93. The van der Waals surface area contributed by atoms with E-state index in [1.807, 2.05) is 36.6 Å². The average Bonchev–Trinajstić information content (AvgIpc) is 3.23. The van der Waals surface area contributed by atoms with Crippen molar-refractivity contribution in [2.24, 2.45) is 0 Å². The van der Waals surface area contributed by atoms with Crippen LogP contribution >= 0.6 is 11.8 Å². The minimum atomic E-state index is -3.96. The number of aromatic nitrogens is 2. The van der Waals surface area contributed by atoms with Crippen LogP contribution in [-0.4, -0.2) is 65.5 Å². The number of halogens is 1. The zero-order chi connectivity index (χ0) is 22.0. The first-order valence-corrected chi connectivity index (χ1v) is 12.3. The fourth-order valence-electron chi connectivity index (χ4n) is 3.54. The smallest absolute Gasteiger partial charge is 0.272 e. The molecule has 1 aliphatic rings. The zero-order valence-corrected chi connectivity index (χ0v) is 18.4. The van der Waals surface area contributed by atoms with Gasteiger partial charge in [0.1, 0.15) is 16.4 Å². The van der Waals surface area contributed by atoms with E-state index in [-0.39, 0.29) is 37.0 Å². The molecule has 10 heteroatoms. The minimum Gasteiger partial charge on any atom is -0.335 e. The molecule has 1 aromatic heterocycles. The molecule has 1 amide bonds. The molecule has 0 radical (unpaired) electrons. The van der Waals surface area contributed by atoms with Gasteiger partial charge in [-0.15, -0.1) is 0 Å². The lowest BCUT2D eigenvalue weighted by molar-refractivity contribution is 0.0689. The summed E-state index contributed by atoms with van der Waals surface area (Å²) >= 11 is 1.44. The van der Waals surface area contributed by atoms with Gasteiger partial charge in [-0.25, -0.2) is 17.8 Å². The maximum Gasteiger partial charge on any atom is 0.272 e. The van der Waals surface area contributed by atoms with E-state index >= 15 is 0 Å². The quantitative estimate of drug-likeness (QED) is 0.548. The van der Waals surface area contributed by atoms with E-state index in [2.05, 4.69) is 4.98 Å². The number of sulfonamides is 1. The molecule has 1 saturated heterocycles. The SMILES string of the molecule is CSc1ncc(C(=O)N2CCN(S(=O)(=O)c3ccccc3F)CC2)n1-c1ccccc1. The number of thioether (sulfide) groups is 1. The van der Waals surface area contributed by atoms with E-state index in [9.17, 15) is 17.6 Å². The Morgan fingerprint density at radius 2 is 1.65 bits per heavy atom. The normalized spacial score (nSPS) is 15.2. The third-order valence-electron chi connectivity index (χ3n) is 5.13. The molecule has 0 bridgehead atoms. The van der Waals surface area contributed by atoms with Gasteiger partial charge in [-0.05, 0) is 30.5 Å². The molecule has 4 rings (SSSR count). The summed E-state index contributed by atoms with van der Waals surface area (Å²) in [4.78, 5) is 18.9. The van der Waals surface area contributed by atoms with Crippen molar-refractivity contribution in [3.63, 3.8) is 0 Å². The fraction of sp³-hybridized carbons (Fsp3) is 0.238. The Morgan fingerprint density at radius 1 is 1.00 bits per heavy atom. The Hall–Kier alpha value is -2.69. The summed E-state index contributed by atoms with van der Waals surface area (Å²) < 4.78 is 42.6. The van der Waals surface area contributed by atoms with Gasteiger partial charge >= 0.3 is 0 Å². The number of amides is 1. The van der Waals surface area contributed by atoms with Crippen molar-refractivity contribution in [2.75, 3.05) is 32.4 Å². The van der Waals surface area contributed by atoms with E-state index in [1.165, 1.54) is 34.3 Å². The maximum absolute atomic E-state index is 14.0. The lowest BCUT2D eigenvalue weighted by Gasteiger charge is -2.34. The van der Waals surface area contributed by atoms with E-state index in [4.69, 9.17) is 0 Å². The first-order valence-electron chi connectivity index (χ1n) is 9.64. The Bertz CT molecular complexity index is 1190. The van der Waals surface area contributed by atoms with Gasteiger partial charge in [0.25, 0.3) is 5.91 Å². The van der Waals surface area contributed by atoms with Gasteiger partial charge in [0.2, 0.25) is 10.0 Å². The van der Waals surface area contributed by atoms with Crippen molar-refractivity contribution in [3.05, 3.63) is 72.3 Å². The lowest BCUT2D eigenvalue weighted by atomic mass is 10.3. The first kappa shape index (κ1) is 21.5. The number of benzene rings is 2. The summed E-state index contributed by atoms with van der Waals surface area (Å²) in [5.41, 5.74) is 1.24. The number of imidazole rings is 1. The van der Waals surface area contributed by atoms with E-state index in [0.29, 0.717) is 10.9 Å². The van der Waals surface area contributed by atoms with E-state index in [1.54, 1.807) is 15.7 Å². The molecule has 1 aliphatic heterocycles. The van der Waals surface area contributed by atoms with Gasteiger partial charge in [-0.2, -0.15) is 4.31 Å². The van der Waals surface area contributed by atoms with Crippen LogP contribution in [0.5, 0.6) is 0 Å². The molecular weight excluding hydrogens is 439 g/mol. The third kappa shape index (κ3) is 4.10. The molecule has 0 spiro atoms. The number of carbonyl (C=O) groups is 1. The molecule has 0 atom stereocenters. The van der Waals surface area contributed by atoms with Crippen molar-refractivity contribution >= 4 is 27.7 Å². The predicted octanol–water partition coefficient (Wildman–Crippen LogP) is 2.88. The highest BCUT2D eigenvalue weighted by Gasteiger charge is 2.33. The fourth-order valence-corrected chi connectivity index (χ4v) is 5.57. The number of para-hydroxylation sites is 1. The molecular formula is C21H21FN4O3S2. The summed E-state index contributed by atoms with van der Waals surface area (Å²) in [6.45, 7) is 0.608. The maximum atomic E-state index is 14.0. The Kier molecular flexibility index (Phi) is 6.12. The molecule has 7 nitrogen and oxygen atoms in total. The van der Waals surface area contributed by atoms with Crippen LogP contribution in [0.3, 0.4) is 0 Å². The van der Waals surface area contributed by atoms with Gasteiger partial charge < -0.3 is 4.90 Å². The molecule has 0 aliphatic carbocycles. The van der Waals surface area contributed by atoms with Crippen LogP contribution in [0, 0.1) is 5.82 Å². The molecule has 162 valence electrons. The molecule has 0 N–H and O–H groups in total. The Labute approximate surface area is 184 Å². The second kappa shape index (κ2) is 8.81. The lowest BCUT2D eigenvalue weighted by Crippen LogP contribution is -2.50. The van der Waals surface area contributed by atoms with Gasteiger partial charge in [0.15, 0.2) is 5.16 Å². The summed E-state index contributed by atoms with van der Waals surface area (Å²) in [6.07, 6.45) is 3.44. The van der Waals surface area contributed by atoms with Gasteiger partial charge in [0, 0.05) is 31.9 Å². The highest BCUT2D eigenvalue weighted by Crippen LogP contribution is 2.24. The summed E-state index contributed by atoms with van der Waals surface area (Å²) in [6, 6.07) is 14.8. The molecule has 3 aromatic rings. The number of nitrogens with zero attached hydrogens (tertiary/aromatic N) is 4. The highest BCUT2D eigenvalue weighted by atomic mass is 32.2. The number of carbonyl (C=O) groups excluding carboxylic acids is 1. The summed E-state index contributed by atoms with van der Waals surface area (Å²) in [5, 5.41) is 0.690. The molecule has 0 saturated carbocycles. The summed E-state index contributed by atoms with van der Waals surface area (Å²) in [5.74, 6) is -1.00. The standard InChI is InChI=1S/C21H21FN4O3S2/c1-30-21-23-15-18(26(21)16-7-3-2-4-8-16)20(27)24-11-13-25(14-12-24)31(28,29)19-10-6-5-9-17(19)22/h2-10,15H,11-14H2,1H3. The molecule has 0 unspecified atom stereocenters. The zero-order valence-electron chi connectivity index (χ0n) is 16.8. The molecule has 2 aromatic carbocycles. The first-order chi connectivity index (χ1) is 14.9. The highest BCUT2D eigenvalue weighted by molar-refractivity contribution is 7.98. The molecule has 31 heavy (non-hydrogen) atoms. The van der Waals surface area contributed by atoms with Gasteiger partial charge in [-0.1, -0.05) is 42.1 Å². The number of rotatable bonds is 5. The minimum absolute atomic E-state index is 0.0945. The monoisotopic (exact) mass is 460 g/mol. The van der Waals surface area contributed by atoms with Crippen LogP contribution in [-0.2, 0) is 10.0 Å². The number of hydrogen-bond acceptors (Lipinski definition) is 5. The third-order valence-corrected chi connectivity index (χ3v) is 7.71. The Morgan fingerprint density at radius 3 is 2.29 bits per heavy atom. The van der Waals surface area contributed by atoms with Crippen molar-refractivity contribution < 1.29 is 17.6 Å². The molecule has 1 fully saturated rings. The number of hydrogen-bond donors (Lipinski definition) is 0. The van der Waals surface area contributed by atoms with Crippen molar-refractivity contribution in [1.82, 2.24) is 18.8 Å². The average molecular weight is 461 g/mol.